The molecule has 11 nitrogen and oxygen atoms in total. The van der Waals surface area contributed by atoms with Crippen LogP contribution in [0, 0.1) is 0 Å². The summed E-state index contributed by atoms with van der Waals surface area (Å²) < 4.78 is 25.0. The van der Waals surface area contributed by atoms with Gasteiger partial charge in [-0.3, -0.25) is 0 Å². The quantitative estimate of drug-likeness (QED) is 0.441. The summed E-state index contributed by atoms with van der Waals surface area (Å²) in [5.74, 6) is -0.0329. The van der Waals surface area contributed by atoms with Gasteiger partial charge in [0.05, 0.1) is 30.0 Å². The summed E-state index contributed by atoms with van der Waals surface area (Å²) in [7, 11) is -3.18. The molecular formula is C26H31N7O4S. The number of carboxylic acid groups (broad SMARTS) is 1. The lowest BCUT2D eigenvalue weighted by molar-refractivity contribution is 0.0697. The van der Waals surface area contributed by atoms with Gasteiger partial charge in [0.15, 0.2) is 0 Å². The normalized spacial score (nSPS) is 18.5. The maximum atomic E-state index is 12.0. The fourth-order valence-electron chi connectivity index (χ4n) is 4.99. The summed E-state index contributed by atoms with van der Waals surface area (Å²) in [4.78, 5) is 29.8. The zero-order chi connectivity index (χ0) is 26.7. The van der Waals surface area contributed by atoms with Crippen LogP contribution >= 0.6 is 0 Å². The van der Waals surface area contributed by atoms with Crippen LogP contribution in [0.15, 0.2) is 54.9 Å². The third-order valence-electron chi connectivity index (χ3n) is 7.03. The van der Waals surface area contributed by atoms with Gasteiger partial charge in [-0.25, -0.2) is 28.2 Å². The Kier molecular flexibility index (Phi) is 7.43. The molecule has 1 atom stereocenters. The molecule has 38 heavy (non-hydrogen) atoms. The molecule has 2 saturated heterocycles. The van der Waals surface area contributed by atoms with Crippen LogP contribution < -0.4 is 15.1 Å². The Morgan fingerprint density at radius 3 is 2.39 bits per heavy atom. The fourth-order valence-corrected chi connectivity index (χ4v) is 5.82. The third kappa shape index (κ3) is 5.70. The average molecular weight is 538 g/mol. The summed E-state index contributed by atoms with van der Waals surface area (Å²) in [5, 5.41) is 13.1. The summed E-state index contributed by atoms with van der Waals surface area (Å²) in [6.07, 6.45) is 6.54. The number of sulfonamides is 1. The molecule has 1 aromatic carbocycles. The first-order valence-electron chi connectivity index (χ1n) is 12.6. The van der Waals surface area contributed by atoms with Crippen LogP contribution in [0.25, 0.3) is 11.3 Å². The number of pyridine rings is 1. The molecule has 0 aliphatic carbocycles. The number of nitrogens with one attached hydrogen (secondary N) is 1. The standard InChI is InChI=1S/C26H31N7O4S/c1-38(36,37)32-14-12-31(13-15-32)21-17-28-26(29-18-21)27-16-20-8-5-11-33(20)24-22(25(34)35)9-10-23(30-24)19-6-3-2-4-7-19/h2-4,6-7,9-10,17-18,20H,5,8,11-16H2,1H3,(H,34,35)(H,27,28,29). The van der Waals surface area contributed by atoms with E-state index in [4.69, 9.17) is 4.98 Å². The number of hydrogen-bond acceptors (Lipinski definition) is 9. The zero-order valence-corrected chi connectivity index (χ0v) is 22.0. The number of hydrogen-bond donors (Lipinski definition) is 2. The minimum atomic E-state index is -3.18. The maximum Gasteiger partial charge on any atom is 0.339 e. The van der Waals surface area contributed by atoms with Crippen LogP contribution in [0.1, 0.15) is 23.2 Å². The number of carboxylic acids is 1. The van der Waals surface area contributed by atoms with Crippen molar-refractivity contribution in [2.75, 3.05) is 60.6 Å². The Morgan fingerprint density at radius 1 is 1.03 bits per heavy atom. The molecule has 2 N–H and O–H groups in total. The van der Waals surface area contributed by atoms with Crippen molar-refractivity contribution >= 4 is 33.4 Å². The van der Waals surface area contributed by atoms with Crippen molar-refractivity contribution in [3.05, 3.63) is 60.4 Å². The second-order valence-electron chi connectivity index (χ2n) is 9.52. The predicted octanol–water partition coefficient (Wildman–Crippen LogP) is 2.40. The summed E-state index contributed by atoms with van der Waals surface area (Å²) in [5.41, 5.74) is 2.71. The Labute approximate surface area is 222 Å². The molecule has 0 bridgehead atoms. The molecule has 0 radical (unpaired) electrons. The summed E-state index contributed by atoms with van der Waals surface area (Å²) in [6.45, 7) is 3.31. The van der Waals surface area contributed by atoms with Gasteiger partial charge in [0.25, 0.3) is 0 Å². The number of carbonyl (C=O) groups is 1. The highest BCUT2D eigenvalue weighted by Crippen LogP contribution is 2.30. The SMILES string of the molecule is CS(=O)(=O)N1CCN(c2cnc(NCC3CCCN3c3nc(-c4ccccc4)ccc3C(=O)O)nc2)CC1. The van der Waals surface area contributed by atoms with E-state index in [0.717, 1.165) is 36.3 Å². The Bertz CT molecular complexity index is 1380. The van der Waals surface area contributed by atoms with Crippen LogP contribution in [0.5, 0.6) is 0 Å². The Balaban J connectivity index is 1.25. The second-order valence-corrected chi connectivity index (χ2v) is 11.5. The monoisotopic (exact) mass is 537 g/mol. The average Bonchev–Trinajstić information content (AvgIpc) is 3.40. The van der Waals surface area contributed by atoms with E-state index in [1.165, 1.54) is 10.6 Å². The van der Waals surface area contributed by atoms with Gasteiger partial charge < -0.3 is 20.2 Å². The zero-order valence-electron chi connectivity index (χ0n) is 21.2. The molecular weight excluding hydrogens is 506 g/mol. The largest absolute Gasteiger partial charge is 0.478 e. The minimum Gasteiger partial charge on any atom is -0.478 e. The lowest BCUT2D eigenvalue weighted by Gasteiger charge is -2.34. The molecule has 0 amide bonds. The summed E-state index contributed by atoms with van der Waals surface area (Å²) in [6, 6.07) is 13.2. The van der Waals surface area contributed by atoms with E-state index < -0.39 is 16.0 Å². The highest BCUT2D eigenvalue weighted by Gasteiger charge is 2.30. The maximum absolute atomic E-state index is 12.0. The molecule has 0 saturated carbocycles. The molecule has 5 rings (SSSR count). The number of anilines is 3. The summed E-state index contributed by atoms with van der Waals surface area (Å²) >= 11 is 0. The first-order valence-corrected chi connectivity index (χ1v) is 14.5. The van der Waals surface area contributed by atoms with Gasteiger partial charge in [-0.15, -0.1) is 0 Å². The second kappa shape index (κ2) is 10.9. The third-order valence-corrected chi connectivity index (χ3v) is 8.33. The molecule has 2 fully saturated rings. The van der Waals surface area contributed by atoms with Crippen molar-refractivity contribution in [3.8, 4) is 11.3 Å². The lowest BCUT2D eigenvalue weighted by Crippen LogP contribution is -2.48. The number of benzene rings is 1. The van der Waals surface area contributed by atoms with Gasteiger partial charge in [0.1, 0.15) is 11.4 Å². The van der Waals surface area contributed by atoms with Crippen LogP contribution in [0.2, 0.25) is 0 Å². The number of piperazine rings is 1. The van der Waals surface area contributed by atoms with Crippen molar-refractivity contribution in [1.29, 1.82) is 0 Å². The molecule has 2 aliphatic heterocycles. The minimum absolute atomic E-state index is 0.0407. The van der Waals surface area contributed by atoms with Crippen molar-refractivity contribution < 1.29 is 18.3 Å². The van der Waals surface area contributed by atoms with Gasteiger partial charge in [0, 0.05) is 50.9 Å². The molecule has 1 unspecified atom stereocenters. The van der Waals surface area contributed by atoms with E-state index >= 15 is 0 Å². The van der Waals surface area contributed by atoms with Gasteiger partial charge in [-0.1, -0.05) is 30.3 Å². The molecule has 0 spiro atoms. The molecule has 3 aromatic rings. The first-order chi connectivity index (χ1) is 18.3. The van der Waals surface area contributed by atoms with Gasteiger partial charge in [-0.2, -0.15) is 4.31 Å². The van der Waals surface area contributed by atoms with Crippen molar-refractivity contribution in [2.24, 2.45) is 0 Å². The molecule has 2 aromatic heterocycles. The number of aromatic nitrogens is 3. The first kappa shape index (κ1) is 25.9. The van der Waals surface area contributed by atoms with Crippen LogP contribution in [0.3, 0.4) is 0 Å². The Hall–Kier alpha value is -3.77. The number of aromatic carboxylic acids is 1. The smallest absolute Gasteiger partial charge is 0.339 e. The van der Waals surface area contributed by atoms with Crippen LogP contribution in [0.4, 0.5) is 17.5 Å². The van der Waals surface area contributed by atoms with Crippen molar-refractivity contribution in [1.82, 2.24) is 19.3 Å². The van der Waals surface area contributed by atoms with Gasteiger partial charge >= 0.3 is 5.97 Å². The molecule has 200 valence electrons. The van der Waals surface area contributed by atoms with Crippen molar-refractivity contribution in [2.45, 2.75) is 18.9 Å². The Morgan fingerprint density at radius 2 is 1.74 bits per heavy atom. The number of nitrogens with zero attached hydrogens (tertiary/aromatic N) is 6. The van der Waals surface area contributed by atoms with E-state index in [9.17, 15) is 18.3 Å². The highest BCUT2D eigenvalue weighted by atomic mass is 32.2. The number of rotatable bonds is 8. The molecule has 4 heterocycles. The predicted molar refractivity (Wildman–Crippen MR) is 146 cm³/mol. The van der Waals surface area contributed by atoms with E-state index in [-0.39, 0.29) is 11.6 Å². The molecule has 12 heteroatoms. The van der Waals surface area contributed by atoms with Crippen LogP contribution in [-0.2, 0) is 10.0 Å². The van der Waals surface area contributed by atoms with Gasteiger partial charge in [0.2, 0.25) is 16.0 Å². The fraction of sp³-hybridized carbons (Fsp3) is 0.385. The van der Waals surface area contributed by atoms with E-state index in [1.807, 2.05) is 30.3 Å². The molecule has 2 aliphatic rings. The van der Waals surface area contributed by atoms with E-state index in [1.54, 1.807) is 24.5 Å². The highest BCUT2D eigenvalue weighted by molar-refractivity contribution is 7.88. The van der Waals surface area contributed by atoms with Crippen LogP contribution in [-0.4, -0.2) is 90.3 Å². The van der Waals surface area contributed by atoms with Gasteiger partial charge in [-0.05, 0) is 25.0 Å². The van der Waals surface area contributed by atoms with Crippen molar-refractivity contribution in [3.63, 3.8) is 0 Å². The van der Waals surface area contributed by atoms with E-state index in [0.29, 0.717) is 44.5 Å². The van der Waals surface area contributed by atoms with E-state index in [2.05, 4.69) is 25.1 Å². The lowest BCUT2D eigenvalue weighted by atomic mass is 10.1. The topological polar surface area (TPSA) is 132 Å².